The molecule has 0 fully saturated rings. The van der Waals surface area contributed by atoms with E-state index in [4.69, 9.17) is 22.1 Å². The van der Waals surface area contributed by atoms with Crippen LogP contribution in [0.25, 0.3) is 11.1 Å². The van der Waals surface area contributed by atoms with E-state index < -0.39 is 17.0 Å². The van der Waals surface area contributed by atoms with Crippen LogP contribution in [-0.2, 0) is 6.42 Å². The Labute approximate surface area is 204 Å². The second-order valence-corrected chi connectivity index (χ2v) is 8.22. The van der Waals surface area contributed by atoms with Crippen molar-refractivity contribution >= 4 is 23.2 Å². The number of pyridine rings is 1. The van der Waals surface area contributed by atoms with E-state index in [0.29, 0.717) is 5.56 Å². The molecule has 0 bridgehead atoms. The average molecular weight is 495 g/mol. The first kappa shape index (κ1) is 24.0. The van der Waals surface area contributed by atoms with Crippen LogP contribution in [0, 0.1) is 5.82 Å². The van der Waals surface area contributed by atoms with Crippen molar-refractivity contribution in [1.82, 2.24) is 24.7 Å². The molecule has 0 radical (unpaired) electrons. The van der Waals surface area contributed by atoms with Crippen molar-refractivity contribution < 1.29 is 13.9 Å². The fraction of sp³-hybridized carbons (Fsp3) is 0.167. The van der Waals surface area contributed by atoms with Crippen molar-refractivity contribution in [2.24, 2.45) is 0 Å². The maximum absolute atomic E-state index is 13.4. The van der Waals surface area contributed by atoms with Crippen LogP contribution < -0.4 is 15.9 Å². The summed E-state index contributed by atoms with van der Waals surface area (Å²) in [5.74, 6) is -0.133. The molecule has 3 heterocycles. The lowest BCUT2D eigenvalue weighted by Crippen LogP contribution is -2.26. The standard InChI is InChI=1S/C24H20ClFN6O3/c1-13(2)32-12-17(14-3-5-15(26)6-4-14)23(34)22(31-32)18(33)9-20-29-10-16(11-30-20)35-19-7-8-28-24(27)21(19)25/h3-8,10-13H,9H2,1-2H3,(H2,27,28). The molecule has 0 aliphatic carbocycles. The molecule has 0 saturated heterocycles. The fourth-order valence-electron chi connectivity index (χ4n) is 3.15. The second kappa shape index (κ2) is 9.98. The third-order valence-corrected chi connectivity index (χ3v) is 5.37. The van der Waals surface area contributed by atoms with Crippen LogP contribution in [-0.4, -0.2) is 30.5 Å². The van der Waals surface area contributed by atoms with Crippen molar-refractivity contribution in [1.29, 1.82) is 0 Å². The number of ketones is 1. The molecule has 2 N–H and O–H groups in total. The van der Waals surface area contributed by atoms with E-state index in [1.165, 1.54) is 53.6 Å². The van der Waals surface area contributed by atoms with Gasteiger partial charge in [0.15, 0.2) is 23.0 Å². The Morgan fingerprint density at radius 3 is 2.49 bits per heavy atom. The molecule has 35 heavy (non-hydrogen) atoms. The molecule has 0 spiro atoms. The molecule has 1 aromatic carbocycles. The number of nitrogen functional groups attached to an aromatic ring is 1. The number of anilines is 1. The van der Waals surface area contributed by atoms with Crippen LogP contribution in [0.5, 0.6) is 11.5 Å². The summed E-state index contributed by atoms with van der Waals surface area (Å²) < 4.78 is 20.5. The van der Waals surface area contributed by atoms with E-state index in [1.807, 2.05) is 13.8 Å². The van der Waals surface area contributed by atoms with Crippen molar-refractivity contribution in [2.75, 3.05) is 5.73 Å². The molecule has 0 unspecified atom stereocenters. The molecule has 0 aliphatic rings. The normalized spacial score (nSPS) is 11.0. The maximum atomic E-state index is 13.4. The summed E-state index contributed by atoms with van der Waals surface area (Å²) in [6.07, 6.45) is 5.49. The van der Waals surface area contributed by atoms with E-state index in [2.05, 4.69) is 20.1 Å². The Kier molecular flexibility index (Phi) is 6.83. The monoisotopic (exact) mass is 494 g/mol. The van der Waals surface area contributed by atoms with Crippen molar-refractivity contribution in [3.63, 3.8) is 0 Å². The van der Waals surface area contributed by atoms with Crippen LogP contribution in [0.4, 0.5) is 10.2 Å². The largest absolute Gasteiger partial charge is 0.452 e. The zero-order valence-electron chi connectivity index (χ0n) is 18.8. The summed E-state index contributed by atoms with van der Waals surface area (Å²) in [5, 5.41) is 4.38. The molecule has 4 rings (SSSR count). The molecule has 4 aromatic rings. The Morgan fingerprint density at radius 1 is 1.14 bits per heavy atom. The number of carbonyl (C=O) groups is 1. The van der Waals surface area contributed by atoms with Crippen LogP contribution in [0.15, 0.2) is 59.9 Å². The number of carbonyl (C=O) groups excluding carboxylic acids is 1. The van der Waals surface area contributed by atoms with Gasteiger partial charge in [-0.05, 0) is 31.5 Å². The van der Waals surface area contributed by atoms with Gasteiger partial charge in [0.2, 0.25) is 5.43 Å². The Hall–Kier alpha value is -4.18. The van der Waals surface area contributed by atoms with Gasteiger partial charge in [-0.15, -0.1) is 0 Å². The third kappa shape index (κ3) is 5.33. The quantitative estimate of drug-likeness (QED) is 0.377. The minimum absolute atomic E-state index is 0.120. The minimum Gasteiger partial charge on any atom is -0.452 e. The van der Waals surface area contributed by atoms with Gasteiger partial charge in [0, 0.05) is 30.1 Å². The van der Waals surface area contributed by atoms with E-state index in [0.717, 1.165) is 0 Å². The fourth-order valence-corrected chi connectivity index (χ4v) is 3.30. The molecule has 9 nitrogen and oxygen atoms in total. The van der Waals surface area contributed by atoms with Gasteiger partial charge in [-0.1, -0.05) is 23.7 Å². The highest BCUT2D eigenvalue weighted by Gasteiger charge is 2.20. The molecular formula is C24H20ClFN6O3. The highest BCUT2D eigenvalue weighted by atomic mass is 35.5. The molecule has 0 atom stereocenters. The number of ether oxygens (including phenoxy) is 1. The van der Waals surface area contributed by atoms with Gasteiger partial charge < -0.3 is 10.5 Å². The first-order valence-electron chi connectivity index (χ1n) is 10.5. The molecule has 3 aromatic heterocycles. The predicted molar refractivity (Wildman–Crippen MR) is 128 cm³/mol. The van der Waals surface area contributed by atoms with Gasteiger partial charge in [0.1, 0.15) is 22.5 Å². The maximum Gasteiger partial charge on any atom is 0.219 e. The van der Waals surface area contributed by atoms with Gasteiger partial charge in [-0.2, -0.15) is 5.10 Å². The van der Waals surface area contributed by atoms with Crippen LogP contribution in [0.2, 0.25) is 5.02 Å². The number of nitrogens with zero attached hydrogens (tertiary/aromatic N) is 5. The number of hydrogen-bond acceptors (Lipinski definition) is 8. The topological polar surface area (TPSA) is 126 Å². The first-order valence-corrected chi connectivity index (χ1v) is 10.9. The number of aromatic nitrogens is 5. The molecule has 11 heteroatoms. The van der Waals surface area contributed by atoms with Gasteiger partial charge >= 0.3 is 0 Å². The minimum atomic E-state index is -0.552. The van der Waals surface area contributed by atoms with Gasteiger partial charge in [0.25, 0.3) is 0 Å². The number of Topliss-reactive ketones (excluding diaryl/α,β-unsaturated/α-hetero) is 1. The number of halogens is 2. The van der Waals surface area contributed by atoms with Gasteiger partial charge in [-0.3, -0.25) is 14.3 Å². The Morgan fingerprint density at radius 2 is 1.83 bits per heavy atom. The van der Waals surface area contributed by atoms with Crippen molar-refractivity contribution in [3.8, 4) is 22.6 Å². The Balaban J connectivity index is 1.59. The summed E-state index contributed by atoms with van der Waals surface area (Å²) >= 11 is 6.07. The lowest BCUT2D eigenvalue weighted by molar-refractivity contribution is 0.0982. The molecule has 178 valence electrons. The van der Waals surface area contributed by atoms with E-state index in [1.54, 1.807) is 6.20 Å². The molecule has 0 aliphatic heterocycles. The van der Waals surface area contributed by atoms with Crippen molar-refractivity contribution in [3.05, 3.63) is 87.7 Å². The smallest absolute Gasteiger partial charge is 0.219 e. The summed E-state index contributed by atoms with van der Waals surface area (Å²) in [6, 6.07) is 6.88. The molecule has 0 saturated carbocycles. The molecule has 0 amide bonds. The van der Waals surface area contributed by atoms with E-state index in [9.17, 15) is 14.0 Å². The summed E-state index contributed by atoms with van der Waals surface area (Å²) in [7, 11) is 0. The highest BCUT2D eigenvalue weighted by Crippen LogP contribution is 2.31. The summed E-state index contributed by atoms with van der Waals surface area (Å²) in [6.45, 7) is 3.73. The third-order valence-electron chi connectivity index (χ3n) is 4.99. The zero-order chi connectivity index (χ0) is 25.1. The van der Waals surface area contributed by atoms with E-state index in [-0.39, 0.29) is 51.9 Å². The summed E-state index contributed by atoms with van der Waals surface area (Å²) in [4.78, 5) is 38.3. The van der Waals surface area contributed by atoms with Crippen LogP contribution >= 0.6 is 11.6 Å². The van der Waals surface area contributed by atoms with Gasteiger partial charge in [-0.25, -0.2) is 19.3 Å². The number of nitrogens with two attached hydrogens (primary N) is 1. The highest BCUT2D eigenvalue weighted by molar-refractivity contribution is 6.34. The summed E-state index contributed by atoms with van der Waals surface area (Å²) in [5.41, 5.74) is 5.59. The van der Waals surface area contributed by atoms with Crippen LogP contribution in [0.3, 0.4) is 0 Å². The molecular weight excluding hydrogens is 475 g/mol. The lowest BCUT2D eigenvalue weighted by atomic mass is 10.0. The average Bonchev–Trinajstić information content (AvgIpc) is 2.84. The second-order valence-electron chi connectivity index (χ2n) is 7.85. The van der Waals surface area contributed by atoms with Crippen molar-refractivity contribution in [2.45, 2.75) is 26.3 Å². The SMILES string of the molecule is CC(C)n1cc(-c2ccc(F)cc2)c(=O)c(C(=O)Cc2ncc(Oc3ccnc(N)c3Cl)cn2)n1. The zero-order valence-corrected chi connectivity index (χ0v) is 19.5. The lowest BCUT2D eigenvalue weighted by Gasteiger charge is -2.13. The number of rotatable bonds is 7. The van der Waals surface area contributed by atoms with Crippen LogP contribution in [0.1, 0.15) is 36.2 Å². The predicted octanol–water partition coefficient (Wildman–Crippen LogP) is 4.27. The Bertz CT molecular complexity index is 1440. The number of hydrogen-bond donors (Lipinski definition) is 1. The first-order chi connectivity index (χ1) is 16.7. The van der Waals surface area contributed by atoms with Gasteiger partial charge in [0.05, 0.1) is 18.8 Å². The number of benzene rings is 1. The van der Waals surface area contributed by atoms with E-state index >= 15 is 0 Å².